The second-order valence-electron chi connectivity index (χ2n) is 8.35. The predicted molar refractivity (Wildman–Crippen MR) is 128 cm³/mol. The number of ether oxygens (including phenoxy) is 2. The molecule has 0 saturated heterocycles. The van der Waals surface area contributed by atoms with Gasteiger partial charge in [0.2, 0.25) is 0 Å². The molecule has 1 aromatic carbocycles. The topological polar surface area (TPSA) is 124 Å². The molecule has 0 unspecified atom stereocenters. The predicted octanol–water partition coefficient (Wildman–Crippen LogP) is 3.35. The van der Waals surface area contributed by atoms with E-state index in [1.807, 2.05) is 44.2 Å². The van der Waals surface area contributed by atoms with Crippen LogP contribution in [-0.4, -0.2) is 52.0 Å². The maximum Gasteiger partial charge on any atom is 0.339 e. The highest BCUT2D eigenvalue weighted by molar-refractivity contribution is 6.04. The van der Waals surface area contributed by atoms with Crippen LogP contribution < -0.4 is 10.6 Å². The molecule has 0 radical (unpaired) electrons. The van der Waals surface area contributed by atoms with Gasteiger partial charge in [0.1, 0.15) is 6.61 Å². The summed E-state index contributed by atoms with van der Waals surface area (Å²) in [4.78, 5) is 42.5. The van der Waals surface area contributed by atoms with E-state index >= 15 is 0 Å². The Morgan fingerprint density at radius 2 is 1.89 bits per heavy atom. The van der Waals surface area contributed by atoms with Crippen LogP contribution in [0.25, 0.3) is 22.3 Å². The van der Waals surface area contributed by atoms with Crippen LogP contribution in [-0.2, 0) is 14.3 Å². The first kappa shape index (κ1) is 23.9. The fourth-order valence-electron chi connectivity index (χ4n) is 3.93. The number of nitrogens with one attached hydrogen (secondary N) is 2. The van der Waals surface area contributed by atoms with Gasteiger partial charge in [-0.1, -0.05) is 30.3 Å². The number of fused-ring (bicyclic) bond motifs is 1. The van der Waals surface area contributed by atoms with Crippen LogP contribution in [0.1, 0.15) is 44.1 Å². The Hall–Kier alpha value is -4.21. The monoisotopic (exact) mass is 477 g/mol. The Balaban J connectivity index is 1.71. The van der Waals surface area contributed by atoms with Crippen LogP contribution in [0.5, 0.6) is 0 Å². The quantitative estimate of drug-likeness (QED) is 0.500. The van der Waals surface area contributed by atoms with E-state index in [0.717, 1.165) is 5.56 Å². The van der Waals surface area contributed by atoms with Crippen molar-refractivity contribution in [1.82, 2.24) is 25.4 Å². The molecule has 2 N–H and O–H groups in total. The Bertz CT molecular complexity index is 1310. The third kappa shape index (κ3) is 4.86. The number of hydrogen-bond acceptors (Lipinski definition) is 7. The number of carbonyl (C=O) groups is 3. The molecule has 0 bridgehead atoms. The number of benzene rings is 1. The fraction of sp³-hybridized carbons (Fsp3) is 0.320. The zero-order valence-corrected chi connectivity index (χ0v) is 20.0. The molecule has 2 amide bonds. The van der Waals surface area contributed by atoms with Gasteiger partial charge in [-0.15, -0.1) is 0 Å². The number of aromatic nitrogens is 3. The fourth-order valence-corrected chi connectivity index (χ4v) is 3.93. The molecule has 2 aromatic heterocycles. The maximum atomic E-state index is 13.3. The van der Waals surface area contributed by atoms with Crippen molar-refractivity contribution in [2.45, 2.75) is 39.8 Å². The highest BCUT2D eigenvalue weighted by atomic mass is 16.5. The van der Waals surface area contributed by atoms with Gasteiger partial charge >= 0.3 is 18.0 Å². The van der Waals surface area contributed by atoms with Gasteiger partial charge in [-0.25, -0.2) is 24.0 Å². The molecule has 0 fully saturated rings. The molecule has 0 saturated carbocycles. The molecule has 3 heterocycles. The summed E-state index contributed by atoms with van der Waals surface area (Å²) in [6.45, 7) is 7.16. The normalized spacial score (nSPS) is 15.7. The third-order valence-electron chi connectivity index (χ3n) is 5.56. The summed E-state index contributed by atoms with van der Waals surface area (Å²) in [5.74, 6) is -1.22. The molecule has 35 heavy (non-hydrogen) atoms. The average Bonchev–Trinajstić information content (AvgIpc) is 3.26. The summed E-state index contributed by atoms with van der Waals surface area (Å²) in [6.07, 6.45) is 1.59. The third-order valence-corrected chi connectivity index (χ3v) is 5.56. The Morgan fingerprint density at radius 3 is 2.57 bits per heavy atom. The van der Waals surface area contributed by atoms with E-state index in [0.29, 0.717) is 16.7 Å². The summed E-state index contributed by atoms with van der Waals surface area (Å²) in [6, 6.07) is 10.1. The lowest BCUT2D eigenvalue weighted by Crippen LogP contribution is -2.50. The second kappa shape index (κ2) is 9.96. The van der Waals surface area contributed by atoms with Crippen molar-refractivity contribution in [2.24, 2.45) is 0 Å². The van der Waals surface area contributed by atoms with E-state index in [1.54, 1.807) is 30.8 Å². The molecule has 1 aliphatic heterocycles. The Morgan fingerprint density at radius 1 is 1.14 bits per heavy atom. The SMILES string of the molecule is CCOC(=O)C1=C(COC(=O)c2cc(-c3ccccc3)nc3c2cnn3C(C)C)NC(=O)N[C@@H]1C. The van der Waals surface area contributed by atoms with E-state index in [-0.39, 0.29) is 36.1 Å². The maximum absolute atomic E-state index is 13.3. The molecule has 182 valence electrons. The molecule has 0 spiro atoms. The number of carbonyl (C=O) groups excluding carboxylic acids is 3. The number of hydrogen-bond donors (Lipinski definition) is 2. The van der Waals surface area contributed by atoms with E-state index in [4.69, 9.17) is 14.5 Å². The van der Waals surface area contributed by atoms with Gasteiger partial charge in [-0.2, -0.15) is 5.10 Å². The summed E-state index contributed by atoms with van der Waals surface area (Å²) in [5.41, 5.74) is 2.67. The number of nitrogens with zero attached hydrogens (tertiary/aromatic N) is 3. The standard InChI is InChI=1S/C25H27N5O5/c1-5-34-24(32)21-15(4)27-25(33)29-20(21)13-35-23(31)17-11-19(16-9-7-6-8-10-16)28-22-18(17)12-26-30(22)14(2)3/h6-12,14-15H,5,13H2,1-4H3,(H2,27,29,33)/t15-/m1/s1. The minimum Gasteiger partial charge on any atom is -0.463 e. The van der Waals surface area contributed by atoms with Crippen molar-refractivity contribution in [3.05, 3.63) is 59.4 Å². The van der Waals surface area contributed by atoms with Crippen molar-refractivity contribution in [3.63, 3.8) is 0 Å². The lowest BCUT2D eigenvalue weighted by molar-refractivity contribution is -0.139. The minimum absolute atomic E-state index is 0.0265. The molecule has 1 atom stereocenters. The summed E-state index contributed by atoms with van der Waals surface area (Å²) < 4.78 is 12.4. The van der Waals surface area contributed by atoms with Crippen molar-refractivity contribution in [2.75, 3.05) is 13.2 Å². The van der Waals surface area contributed by atoms with Crippen LogP contribution in [0.2, 0.25) is 0 Å². The lowest BCUT2D eigenvalue weighted by Gasteiger charge is -2.26. The minimum atomic E-state index is -0.631. The number of rotatable bonds is 7. The smallest absolute Gasteiger partial charge is 0.339 e. The van der Waals surface area contributed by atoms with Crippen LogP contribution in [0, 0.1) is 0 Å². The zero-order chi connectivity index (χ0) is 25.1. The van der Waals surface area contributed by atoms with Gasteiger partial charge in [-0.3, -0.25) is 0 Å². The van der Waals surface area contributed by atoms with Gasteiger partial charge in [0.05, 0.1) is 46.8 Å². The number of esters is 2. The van der Waals surface area contributed by atoms with Gasteiger partial charge in [0.25, 0.3) is 0 Å². The second-order valence-corrected chi connectivity index (χ2v) is 8.35. The molecule has 4 rings (SSSR count). The van der Waals surface area contributed by atoms with Crippen molar-refractivity contribution in [1.29, 1.82) is 0 Å². The summed E-state index contributed by atoms with van der Waals surface area (Å²) in [7, 11) is 0. The highest BCUT2D eigenvalue weighted by Crippen LogP contribution is 2.27. The molecule has 3 aromatic rings. The van der Waals surface area contributed by atoms with Crippen molar-refractivity contribution in [3.8, 4) is 11.3 Å². The largest absolute Gasteiger partial charge is 0.463 e. The van der Waals surface area contributed by atoms with Crippen molar-refractivity contribution >= 4 is 29.0 Å². The summed E-state index contributed by atoms with van der Waals surface area (Å²) >= 11 is 0. The lowest BCUT2D eigenvalue weighted by atomic mass is 10.0. The van der Waals surface area contributed by atoms with Gasteiger partial charge in [0.15, 0.2) is 5.65 Å². The molecule has 1 aliphatic rings. The van der Waals surface area contributed by atoms with Crippen LogP contribution in [0.3, 0.4) is 0 Å². The van der Waals surface area contributed by atoms with Gasteiger partial charge in [-0.05, 0) is 33.8 Å². The summed E-state index contributed by atoms with van der Waals surface area (Å²) in [5, 5.41) is 10.1. The van der Waals surface area contributed by atoms with Crippen LogP contribution in [0.4, 0.5) is 4.79 Å². The average molecular weight is 478 g/mol. The Kier molecular flexibility index (Phi) is 6.81. The van der Waals surface area contributed by atoms with Crippen LogP contribution in [0.15, 0.2) is 53.9 Å². The first-order chi connectivity index (χ1) is 16.8. The highest BCUT2D eigenvalue weighted by Gasteiger charge is 2.30. The van der Waals surface area contributed by atoms with E-state index in [9.17, 15) is 14.4 Å². The first-order valence-electron chi connectivity index (χ1n) is 11.4. The number of urea groups is 1. The van der Waals surface area contributed by atoms with E-state index in [2.05, 4.69) is 15.7 Å². The molecule has 0 aliphatic carbocycles. The van der Waals surface area contributed by atoms with Crippen LogP contribution >= 0.6 is 0 Å². The molecular weight excluding hydrogens is 450 g/mol. The molecular formula is C25H27N5O5. The molecule has 10 heteroatoms. The van der Waals surface area contributed by atoms with Crippen molar-refractivity contribution < 1.29 is 23.9 Å². The van der Waals surface area contributed by atoms with Gasteiger partial charge in [0, 0.05) is 11.6 Å². The van der Waals surface area contributed by atoms with E-state index < -0.39 is 24.0 Å². The zero-order valence-electron chi connectivity index (χ0n) is 20.0. The Labute approximate surface area is 202 Å². The van der Waals surface area contributed by atoms with Gasteiger partial charge < -0.3 is 20.1 Å². The number of pyridine rings is 1. The first-order valence-corrected chi connectivity index (χ1v) is 11.4. The van der Waals surface area contributed by atoms with E-state index in [1.165, 1.54) is 0 Å². The number of amides is 2. The molecule has 10 nitrogen and oxygen atoms in total.